The molecule has 8 heteroatoms. The van der Waals surface area contributed by atoms with E-state index in [1.165, 1.54) is 16.8 Å². The van der Waals surface area contributed by atoms with Gasteiger partial charge >= 0.3 is 5.69 Å². The molecule has 1 aromatic rings. The van der Waals surface area contributed by atoms with Crippen LogP contribution < -0.4 is 11.2 Å². The number of aromatic amines is 1. The van der Waals surface area contributed by atoms with Gasteiger partial charge in [0, 0.05) is 18.7 Å². The van der Waals surface area contributed by atoms with Crippen LogP contribution >= 0.6 is 0 Å². The van der Waals surface area contributed by atoms with Crippen molar-refractivity contribution in [3.05, 3.63) is 33.1 Å². The van der Waals surface area contributed by atoms with E-state index in [9.17, 15) is 14.7 Å². The lowest BCUT2D eigenvalue weighted by molar-refractivity contribution is -0.114. The summed E-state index contributed by atoms with van der Waals surface area (Å²) in [7, 11) is -2.06. The van der Waals surface area contributed by atoms with E-state index in [4.69, 9.17) is 9.16 Å². The predicted molar refractivity (Wildman–Crippen MR) is 93.6 cm³/mol. The molecule has 3 atom stereocenters. The van der Waals surface area contributed by atoms with E-state index < -0.39 is 31.4 Å². The second-order valence-electron chi connectivity index (χ2n) is 8.16. The largest absolute Gasteiger partial charge is 0.411 e. The van der Waals surface area contributed by atoms with Crippen molar-refractivity contribution in [3.63, 3.8) is 0 Å². The molecule has 0 aromatic carbocycles. The Morgan fingerprint density at radius 3 is 2.58 bits per heavy atom. The summed E-state index contributed by atoms with van der Waals surface area (Å²) in [5, 5.41) is 9.86. The number of nitrogens with one attached hydrogen (secondary N) is 1. The van der Waals surface area contributed by atoms with Gasteiger partial charge in [0.2, 0.25) is 0 Å². The molecular weight excluding hydrogens is 328 g/mol. The van der Waals surface area contributed by atoms with Gasteiger partial charge in [0.05, 0.1) is 12.7 Å². The molecule has 2 heterocycles. The number of aromatic nitrogens is 2. The Morgan fingerprint density at radius 2 is 2.08 bits per heavy atom. The van der Waals surface area contributed by atoms with E-state index >= 15 is 0 Å². The molecule has 24 heavy (non-hydrogen) atoms. The molecule has 0 spiro atoms. The molecule has 2 rings (SSSR count). The highest BCUT2D eigenvalue weighted by molar-refractivity contribution is 6.74. The van der Waals surface area contributed by atoms with Crippen LogP contribution in [-0.4, -0.2) is 41.3 Å². The van der Waals surface area contributed by atoms with Gasteiger partial charge in [-0.25, -0.2) is 4.79 Å². The Hall–Kier alpha value is -1.22. The average molecular weight is 356 g/mol. The molecule has 0 bridgehead atoms. The summed E-state index contributed by atoms with van der Waals surface area (Å²) in [6.45, 7) is 12.3. The van der Waals surface area contributed by atoms with Gasteiger partial charge in [-0.3, -0.25) is 14.3 Å². The minimum atomic E-state index is -2.06. The fourth-order valence-electron chi connectivity index (χ4n) is 2.54. The molecule has 136 valence electrons. The number of aliphatic hydroxyl groups is 1. The lowest BCUT2D eigenvalue weighted by atomic mass is 10.0. The quantitative estimate of drug-likeness (QED) is 0.799. The van der Waals surface area contributed by atoms with Gasteiger partial charge < -0.3 is 14.3 Å². The third-order valence-corrected chi connectivity index (χ3v) is 9.71. The summed E-state index contributed by atoms with van der Waals surface area (Å²) in [6.07, 6.45) is 0.946. The zero-order chi connectivity index (χ0) is 18.3. The zero-order valence-electron chi connectivity index (χ0n) is 15.3. The highest BCUT2D eigenvalue weighted by atomic mass is 28.4. The normalized spacial score (nSPS) is 28.3. The van der Waals surface area contributed by atoms with Crippen molar-refractivity contribution in [2.75, 3.05) is 6.61 Å². The number of nitrogens with zero attached hydrogens (tertiary/aromatic N) is 1. The Labute approximate surface area is 142 Å². The van der Waals surface area contributed by atoms with E-state index in [1.54, 1.807) is 6.92 Å². The summed E-state index contributed by atoms with van der Waals surface area (Å²) < 4.78 is 13.8. The van der Waals surface area contributed by atoms with E-state index in [-0.39, 0.29) is 17.7 Å². The Morgan fingerprint density at radius 1 is 1.46 bits per heavy atom. The minimum Gasteiger partial charge on any atom is -0.411 e. The molecule has 1 fully saturated rings. The van der Waals surface area contributed by atoms with Crippen LogP contribution in [0.2, 0.25) is 18.1 Å². The first-order valence-electron chi connectivity index (χ1n) is 8.17. The molecule has 2 N–H and O–H groups in total. The minimum absolute atomic E-state index is 0.0241. The number of ether oxygens (including phenoxy) is 1. The molecule has 0 amide bonds. The maximum Gasteiger partial charge on any atom is 0.330 e. The second-order valence-corrected chi connectivity index (χ2v) is 12.9. The maximum atomic E-state index is 12.0. The van der Waals surface area contributed by atoms with Crippen LogP contribution in [0.1, 0.15) is 40.3 Å². The van der Waals surface area contributed by atoms with Crippen LogP contribution in [0.25, 0.3) is 0 Å². The average Bonchev–Trinajstić information content (AvgIpc) is 2.74. The highest BCUT2D eigenvalue weighted by Gasteiger charge is 2.50. The van der Waals surface area contributed by atoms with Crippen molar-refractivity contribution in [1.29, 1.82) is 0 Å². The van der Waals surface area contributed by atoms with Gasteiger partial charge in [0.15, 0.2) is 8.32 Å². The number of rotatable bonds is 4. The third-order valence-electron chi connectivity index (χ3n) is 5.22. The van der Waals surface area contributed by atoms with Crippen LogP contribution in [0.5, 0.6) is 0 Å². The van der Waals surface area contributed by atoms with Gasteiger partial charge in [0.1, 0.15) is 11.8 Å². The highest BCUT2D eigenvalue weighted by Crippen LogP contribution is 2.44. The van der Waals surface area contributed by atoms with E-state index in [1.807, 2.05) is 0 Å². The number of H-pyrrole nitrogens is 1. The van der Waals surface area contributed by atoms with E-state index in [0.717, 1.165) is 0 Å². The van der Waals surface area contributed by atoms with Gasteiger partial charge in [-0.1, -0.05) is 20.8 Å². The van der Waals surface area contributed by atoms with Crippen LogP contribution in [-0.2, 0) is 9.16 Å². The first-order chi connectivity index (χ1) is 10.9. The first-order valence-corrected chi connectivity index (χ1v) is 11.1. The van der Waals surface area contributed by atoms with Gasteiger partial charge in [-0.05, 0) is 25.1 Å². The Kier molecular flexibility index (Phi) is 4.98. The number of aliphatic hydroxyl groups excluding tert-OH is 1. The molecule has 1 saturated heterocycles. The molecule has 0 aliphatic carbocycles. The smallest absolute Gasteiger partial charge is 0.330 e. The molecule has 1 unspecified atom stereocenters. The third kappa shape index (κ3) is 3.56. The van der Waals surface area contributed by atoms with Crippen molar-refractivity contribution >= 4 is 8.32 Å². The summed E-state index contributed by atoms with van der Waals surface area (Å²) >= 11 is 0. The zero-order valence-corrected chi connectivity index (χ0v) is 16.3. The second kappa shape index (κ2) is 6.25. The molecule has 1 aromatic heterocycles. The van der Waals surface area contributed by atoms with Crippen LogP contribution in [0, 0.1) is 0 Å². The summed E-state index contributed by atoms with van der Waals surface area (Å²) in [6, 6.07) is 1.28. The van der Waals surface area contributed by atoms with Gasteiger partial charge in [-0.2, -0.15) is 0 Å². The fraction of sp³-hybridized carbons (Fsp3) is 0.750. The summed E-state index contributed by atoms with van der Waals surface area (Å²) in [4.78, 5) is 25.5. The van der Waals surface area contributed by atoms with Crippen LogP contribution in [0.15, 0.2) is 21.9 Å². The Bertz CT molecular complexity index is 705. The van der Waals surface area contributed by atoms with E-state index in [2.05, 4.69) is 38.8 Å². The standard InChI is InChI=1S/C16H28N2O5Si/c1-15(2,3)24(5,6)23-11-9-13(22-16(11,4)10-19)18-8-7-12(20)17-14(18)21/h7-8,11,13,19H,9-10H2,1-6H3,(H,17,20,21)/t11?,13-,16-/m0/s1. The van der Waals surface area contributed by atoms with Crippen molar-refractivity contribution in [2.45, 2.75) is 70.2 Å². The predicted octanol–water partition coefficient (Wildman–Crippen LogP) is 1.60. The number of hydrogen-bond acceptors (Lipinski definition) is 5. The van der Waals surface area contributed by atoms with Crippen molar-refractivity contribution in [3.8, 4) is 0 Å². The van der Waals surface area contributed by atoms with Crippen LogP contribution in [0.4, 0.5) is 0 Å². The first kappa shape index (κ1) is 19.1. The topological polar surface area (TPSA) is 93.6 Å². The molecule has 0 saturated carbocycles. The van der Waals surface area contributed by atoms with Gasteiger partial charge in [-0.15, -0.1) is 0 Å². The van der Waals surface area contributed by atoms with Crippen LogP contribution in [0.3, 0.4) is 0 Å². The molecule has 1 aliphatic rings. The van der Waals surface area contributed by atoms with Crippen molar-refractivity contribution < 1.29 is 14.3 Å². The van der Waals surface area contributed by atoms with Crippen molar-refractivity contribution in [2.24, 2.45) is 0 Å². The molecular formula is C16H28N2O5Si. The van der Waals surface area contributed by atoms with Crippen molar-refractivity contribution in [1.82, 2.24) is 9.55 Å². The fourth-order valence-corrected chi connectivity index (χ4v) is 3.95. The van der Waals surface area contributed by atoms with Gasteiger partial charge in [0.25, 0.3) is 5.56 Å². The monoisotopic (exact) mass is 356 g/mol. The van der Waals surface area contributed by atoms with E-state index in [0.29, 0.717) is 6.42 Å². The SMILES string of the molecule is CC(C)(C)[Si](C)(C)OC1C[C@@H](n2ccc(=O)[nH]c2=O)O[C@@]1(C)CO. The summed E-state index contributed by atoms with van der Waals surface area (Å²) in [5.41, 5.74) is -1.87. The molecule has 1 aliphatic heterocycles. The maximum absolute atomic E-state index is 12.0. The Balaban J connectivity index is 2.30. The summed E-state index contributed by atoms with van der Waals surface area (Å²) in [5.74, 6) is 0. The molecule has 0 radical (unpaired) electrons. The lowest BCUT2D eigenvalue weighted by Crippen LogP contribution is -2.50. The molecule has 7 nitrogen and oxygen atoms in total. The lowest BCUT2D eigenvalue weighted by Gasteiger charge is -2.41. The number of hydrogen-bond donors (Lipinski definition) is 2.